The Morgan fingerprint density at radius 3 is 2.12 bits per heavy atom. The number of hydrogen-bond donors (Lipinski definition) is 3. The molecule has 1 unspecified atom stereocenters. The second-order valence-corrected chi connectivity index (χ2v) is 9.93. The lowest BCUT2D eigenvalue weighted by Crippen LogP contribution is -2.50. The van der Waals surface area contributed by atoms with Crippen molar-refractivity contribution >= 4 is 23.5 Å². The van der Waals surface area contributed by atoms with Gasteiger partial charge in [-0.05, 0) is 74.6 Å². The highest BCUT2D eigenvalue weighted by Crippen LogP contribution is 2.23. The van der Waals surface area contributed by atoms with Gasteiger partial charge >= 0.3 is 6.03 Å². The van der Waals surface area contributed by atoms with Gasteiger partial charge in [-0.1, -0.05) is 61.9 Å². The van der Waals surface area contributed by atoms with Crippen molar-refractivity contribution in [1.82, 2.24) is 15.3 Å². The smallest absolute Gasteiger partial charge is 0.322 e. The molecule has 3 aromatic carbocycles. The van der Waals surface area contributed by atoms with Gasteiger partial charge < -0.3 is 19.9 Å². The topological polar surface area (TPSA) is 111 Å². The van der Waals surface area contributed by atoms with Crippen LogP contribution in [0.15, 0.2) is 84.9 Å². The summed E-state index contributed by atoms with van der Waals surface area (Å²) in [6.07, 6.45) is 3.91. The first-order valence-corrected chi connectivity index (χ1v) is 14.0. The van der Waals surface area contributed by atoms with Crippen molar-refractivity contribution in [2.45, 2.75) is 52.0 Å². The zero-order chi connectivity index (χ0) is 29.5. The van der Waals surface area contributed by atoms with E-state index in [9.17, 15) is 14.4 Å². The van der Waals surface area contributed by atoms with Crippen LogP contribution in [-0.2, 0) is 16.0 Å². The second kappa shape index (κ2) is 16.7. The molecule has 0 aliphatic heterocycles. The van der Waals surface area contributed by atoms with Gasteiger partial charge in [0.15, 0.2) is 0 Å². The number of urea groups is 1. The van der Waals surface area contributed by atoms with Crippen molar-refractivity contribution in [1.29, 1.82) is 0 Å². The molecule has 3 rings (SSSR count). The zero-order valence-electron chi connectivity index (χ0n) is 23.8. The van der Waals surface area contributed by atoms with E-state index < -0.39 is 11.9 Å². The first-order chi connectivity index (χ1) is 19.9. The number of benzene rings is 3. The molecule has 0 saturated heterocycles. The summed E-state index contributed by atoms with van der Waals surface area (Å²) in [5, 5.41) is 11.9. The number of amides is 4. The third kappa shape index (κ3) is 10.6. The Bertz CT molecular complexity index is 1220. The Morgan fingerprint density at radius 2 is 1.49 bits per heavy atom. The molecular formula is C32H40N4O5. The lowest BCUT2D eigenvalue weighted by atomic mass is 10.1. The first-order valence-electron chi connectivity index (χ1n) is 14.0. The van der Waals surface area contributed by atoms with Gasteiger partial charge in [-0.2, -0.15) is 0 Å². The summed E-state index contributed by atoms with van der Waals surface area (Å²) in [7, 11) is 0. The van der Waals surface area contributed by atoms with Crippen LogP contribution in [0.5, 0.6) is 11.5 Å². The summed E-state index contributed by atoms with van der Waals surface area (Å²) in [6, 6.07) is 25.9. The number of aryl methyl sites for hydroxylation is 1. The zero-order valence-corrected chi connectivity index (χ0v) is 23.8. The molecule has 0 saturated carbocycles. The SMILES string of the molecule is CCCC(C)N(CC(=O)NO)C(=O)CN(CCCCc1ccccc1)C(=O)Nc1ccc(Oc2ccccc2)cc1. The Labute approximate surface area is 242 Å². The standard InChI is InChI=1S/C32H40N4O5/c1-3-12-25(2)36(23-30(37)34-40)31(38)24-35(22-11-10-15-26-13-6-4-7-14-26)32(39)33-27-18-20-29(21-19-27)41-28-16-8-5-9-17-28/h4-9,13-14,16-21,25,40H,3,10-12,15,22-24H2,1-2H3,(H,33,39)(H,34,37). The van der Waals surface area contributed by atoms with Crippen LogP contribution in [0.25, 0.3) is 0 Å². The summed E-state index contributed by atoms with van der Waals surface area (Å²) in [5.41, 5.74) is 3.38. The Kier molecular flexibility index (Phi) is 12.7. The molecule has 1 atom stereocenters. The molecule has 0 aliphatic carbocycles. The number of hydrogen-bond acceptors (Lipinski definition) is 5. The maximum absolute atomic E-state index is 13.4. The summed E-state index contributed by atoms with van der Waals surface area (Å²) >= 11 is 0. The second-order valence-electron chi connectivity index (χ2n) is 9.93. The van der Waals surface area contributed by atoms with Crippen molar-refractivity contribution in [3.63, 3.8) is 0 Å². The van der Waals surface area contributed by atoms with Crippen LogP contribution in [0.3, 0.4) is 0 Å². The third-order valence-electron chi connectivity index (χ3n) is 6.68. The molecule has 0 aromatic heterocycles. The summed E-state index contributed by atoms with van der Waals surface area (Å²) in [4.78, 5) is 41.6. The highest BCUT2D eigenvalue weighted by atomic mass is 16.5. The van der Waals surface area contributed by atoms with Gasteiger partial charge in [-0.15, -0.1) is 0 Å². The number of anilines is 1. The average Bonchev–Trinajstić information content (AvgIpc) is 2.99. The minimum Gasteiger partial charge on any atom is -0.457 e. The van der Waals surface area contributed by atoms with Crippen LogP contribution in [0.1, 0.15) is 45.1 Å². The molecule has 9 nitrogen and oxygen atoms in total. The van der Waals surface area contributed by atoms with Crippen molar-refractivity contribution in [2.75, 3.05) is 25.0 Å². The van der Waals surface area contributed by atoms with Crippen LogP contribution in [0, 0.1) is 0 Å². The molecule has 41 heavy (non-hydrogen) atoms. The fourth-order valence-corrected chi connectivity index (χ4v) is 4.47. The number of ether oxygens (including phenoxy) is 1. The molecule has 3 N–H and O–H groups in total. The fraction of sp³-hybridized carbons (Fsp3) is 0.344. The van der Waals surface area contributed by atoms with E-state index in [1.54, 1.807) is 29.7 Å². The first kappa shape index (κ1) is 31.2. The number of hydroxylamine groups is 1. The molecule has 3 aromatic rings. The predicted molar refractivity (Wildman–Crippen MR) is 159 cm³/mol. The summed E-state index contributed by atoms with van der Waals surface area (Å²) in [6.45, 7) is 3.73. The Hall–Kier alpha value is -4.37. The van der Waals surface area contributed by atoms with Gasteiger partial charge in [-0.3, -0.25) is 14.8 Å². The molecule has 4 amide bonds. The van der Waals surface area contributed by atoms with Crippen molar-refractivity contribution < 1.29 is 24.3 Å². The Morgan fingerprint density at radius 1 is 0.854 bits per heavy atom. The van der Waals surface area contributed by atoms with E-state index in [1.165, 1.54) is 15.4 Å². The van der Waals surface area contributed by atoms with Crippen LogP contribution in [0.4, 0.5) is 10.5 Å². The molecule has 0 radical (unpaired) electrons. The number of nitrogens with one attached hydrogen (secondary N) is 2. The van der Waals surface area contributed by atoms with E-state index >= 15 is 0 Å². The molecule has 0 heterocycles. The molecule has 9 heteroatoms. The largest absolute Gasteiger partial charge is 0.457 e. The van der Waals surface area contributed by atoms with Gasteiger partial charge in [0.25, 0.3) is 5.91 Å². The van der Waals surface area contributed by atoms with Crippen molar-refractivity contribution in [2.24, 2.45) is 0 Å². The maximum Gasteiger partial charge on any atom is 0.322 e. The van der Waals surface area contributed by atoms with Crippen LogP contribution < -0.4 is 15.5 Å². The lowest BCUT2D eigenvalue weighted by molar-refractivity contribution is -0.141. The highest BCUT2D eigenvalue weighted by Gasteiger charge is 2.26. The van der Waals surface area contributed by atoms with Gasteiger partial charge in [-0.25, -0.2) is 10.3 Å². The molecule has 0 fully saturated rings. The van der Waals surface area contributed by atoms with Crippen LogP contribution in [0.2, 0.25) is 0 Å². The Balaban J connectivity index is 1.68. The monoisotopic (exact) mass is 560 g/mol. The number of para-hydroxylation sites is 1. The summed E-state index contributed by atoms with van der Waals surface area (Å²) < 4.78 is 5.83. The van der Waals surface area contributed by atoms with E-state index in [0.717, 1.165) is 19.3 Å². The number of carbonyl (C=O) groups is 3. The number of rotatable bonds is 15. The molecule has 0 aliphatic rings. The predicted octanol–water partition coefficient (Wildman–Crippen LogP) is 5.86. The van der Waals surface area contributed by atoms with Crippen LogP contribution >= 0.6 is 0 Å². The molecule has 0 bridgehead atoms. The van der Waals surface area contributed by atoms with E-state index in [4.69, 9.17) is 9.94 Å². The number of carbonyl (C=O) groups excluding carboxylic acids is 3. The molecular weight excluding hydrogens is 520 g/mol. The van der Waals surface area contributed by atoms with E-state index in [-0.39, 0.29) is 25.0 Å². The van der Waals surface area contributed by atoms with Gasteiger partial charge in [0.05, 0.1) is 0 Å². The van der Waals surface area contributed by atoms with Gasteiger partial charge in [0, 0.05) is 18.3 Å². The summed E-state index contributed by atoms with van der Waals surface area (Å²) in [5.74, 6) is 0.295. The normalized spacial score (nSPS) is 11.3. The number of nitrogens with zero attached hydrogens (tertiary/aromatic N) is 2. The van der Waals surface area contributed by atoms with E-state index in [2.05, 4.69) is 17.4 Å². The lowest BCUT2D eigenvalue weighted by Gasteiger charge is -2.31. The average molecular weight is 561 g/mol. The highest BCUT2D eigenvalue weighted by molar-refractivity contribution is 5.93. The van der Waals surface area contributed by atoms with Crippen molar-refractivity contribution in [3.8, 4) is 11.5 Å². The van der Waals surface area contributed by atoms with E-state index in [0.29, 0.717) is 36.6 Å². The van der Waals surface area contributed by atoms with Crippen LogP contribution in [-0.4, -0.2) is 58.5 Å². The third-order valence-corrected chi connectivity index (χ3v) is 6.68. The molecule has 218 valence electrons. The van der Waals surface area contributed by atoms with Gasteiger partial charge in [0.2, 0.25) is 5.91 Å². The quantitative estimate of drug-likeness (QED) is 0.123. The van der Waals surface area contributed by atoms with E-state index in [1.807, 2.05) is 62.4 Å². The minimum absolute atomic E-state index is 0.195. The van der Waals surface area contributed by atoms with Crippen molar-refractivity contribution in [3.05, 3.63) is 90.5 Å². The minimum atomic E-state index is -0.682. The molecule has 0 spiro atoms. The van der Waals surface area contributed by atoms with Gasteiger partial charge in [0.1, 0.15) is 24.6 Å². The fourth-order valence-electron chi connectivity index (χ4n) is 4.47. The number of unbranched alkanes of at least 4 members (excludes halogenated alkanes) is 1. The maximum atomic E-state index is 13.4.